The Balaban J connectivity index is 1.60. The summed E-state index contributed by atoms with van der Waals surface area (Å²) in [6.45, 7) is 0.233. The monoisotopic (exact) mass is 367 g/mol. The molecule has 2 N–H and O–H groups in total. The van der Waals surface area contributed by atoms with Crippen LogP contribution in [0, 0.1) is 0 Å². The van der Waals surface area contributed by atoms with Gasteiger partial charge >= 0.3 is 6.09 Å². The Kier molecular flexibility index (Phi) is 6.88. The second kappa shape index (κ2) is 9.56. The average Bonchev–Trinajstić information content (AvgIpc) is 2.71. The standard InChI is InChI=1S/C23H29NO3/c25-22(27-18-20-12-6-2-7-13-20)24-21(23(26)16-8-3-9-17-23)15-14-19-10-4-1-5-11-19/h1-2,4-7,10-13,21,26H,3,8-9,14-18H2,(H,24,25). The van der Waals surface area contributed by atoms with Gasteiger partial charge < -0.3 is 15.2 Å². The Bertz CT molecular complexity index is 696. The molecule has 1 amide bonds. The minimum atomic E-state index is -0.848. The van der Waals surface area contributed by atoms with Gasteiger partial charge in [0.2, 0.25) is 0 Å². The fraction of sp³-hybridized carbons (Fsp3) is 0.435. The van der Waals surface area contributed by atoms with Gasteiger partial charge in [0.25, 0.3) is 0 Å². The van der Waals surface area contributed by atoms with Gasteiger partial charge in [0.15, 0.2) is 0 Å². The molecule has 1 unspecified atom stereocenters. The van der Waals surface area contributed by atoms with Crippen molar-refractivity contribution in [2.24, 2.45) is 0 Å². The highest BCUT2D eigenvalue weighted by Crippen LogP contribution is 2.32. The van der Waals surface area contributed by atoms with E-state index < -0.39 is 11.7 Å². The second-order valence-electron chi connectivity index (χ2n) is 7.45. The predicted octanol–water partition coefficient (Wildman–Crippen LogP) is 4.61. The summed E-state index contributed by atoms with van der Waals surface area (Å²) in [6, 6.07) is 19.5. The van der Waals surface area contributed by atoms with E-state index >= 15 is 0 Å². The first-order chi connectivity index (χ1) is 13.2. The smallest absolute Gasteiger partial charge is 0.407 e. The van der Waals surface area contributed by atoms with Crippen molar-refractivity contribution in [1.82, 2.24) is 5.32 Å². The highest BCUT2D eigenvalue weighted by Gasteiger charge is 2.38. The summed E-state index contributed by atoms with van der Waals surface area (Å²) in [4.78, 5) is 12.4. The van der Waals surface area contributed by atoms with Crippen molar-refractivity contribution in [3.8, 4) is 0 Å². The number of nitrogens with one attached hydrogen (secondary N) is 1. The normalized spacial score (nSPS) is 17.1. The molecule has 0 saturated heterocycles. The van der Waals surface area contributed by atoms with Gasteiger partial charge in [-0.3, -0.25) is 0 Å². The van der Waals surface area contributed by atoms with E-state index in [1.54, 1.807) is 0 Å². The van der Waals surface area contributed by atoms with Crippen LogP contribution in [0.25, 0.3) is 0 Å². The molecule has 2 aromatic rings. The lowest BCUT2D eigenvalue weighted by Crippen LogP contribution is -2.54. The average molecular weight is 367 g/mol. The van der Waals surface area contributed by atoms with Crippen molar-refractivity contribution in [2.75, 3.05) is 0 Å². The van der Waals surface area contributed by atoms with Crippen LogP contribution in [0.3, 0.4) is 0 Å². The number of hydrogen-bond donors (Lipinski definition) is 2. The maximum absolute atomic E-state index is 12.4. The lowest BCUT2D eigenvalue weighted by Gasteiger charge is -2.39. The van der Waals surface area contributed by atoms with Crippen LogP contribution in [-0.4, -0.2) is 22.8 Å². The summed E-state index contributed by atoms with van der Waals surface area (Å²) in [5, 5.41) is 14.1. The minimum absolute atomic E-state index is 0.233. The van der Waals surface area contributed by atoms with Crippen molar-refractivity contribution < 1.29 is 14.6 Å². The molecule has 27 heavy (non-hydrogen) atoms. The van der Waals surface area contributed by atoms with Crippen LogP contribution in [0.1, 0.15) is 49.7 Å². The molecule has 144 valence electrons. The van der Waals surface area contributed by atoms with E-state index in [4.69, 9.17) is 4.74 Å². The zero-order valence-electron chi connectivity index (χ0n) is 15.8. The number of benzene rings is 2. The molecule has 1 fully saturated rings. The number of amides is 1. The first kappa shape index (κ1) is 19.4. The number of ether oxygens (including phenoxy) is 1. The van der Waals surface area contributed by atoms with Crippen LogP contribution < -0.4 is 5.32 Å². The zero-order valence-corrected chi connectivity index (χ0v) is 15.8. The number of hydrogen-bond acceptors (Lipinski definition) is 3. The Morgan fingerprint density at radius 1 is 0.963 bits per heavy atom. The summed E-state index contributed by atoms with van der Waals surface area (Å²) in [6.07, 6.45) is 5.64. The van der Waals surface area contributed by atoms with Gasteiger partial charge in [-0.2, -0.15) is 0 Å². The van der Waals surface area contributed by atoms with Gasteiger partial charge in [-0.15, -0.1) is 0 Å². The Hall–Kier alpha value is -2.33. The quantitative estimate of drug-likeness (QED) is 0.751. The summed E-state index contributed by atoms with van der Waals surface area (Å²) in [7, 11) is 0. The van der Waals surface area contributed by atoms with E-state index in [1.807, 2.05) is 48.5 Å². The number of carbonyl (C=O) groups excluding carboxylic acids is 1. The van der Waals surface area contributed by atoms with Gasteiger partial charge in [0.1, 0.15) is 6.61 Å². The summed E-state index contributed by atoms with van der Waals surface area (Å²) in [5.41, 5.74) is 1.31. The van der Waals surface area contributed by atoms with E-state index in [0.717, 1.165) is 44.1 Å². The highest BCUT2D eigenvalue weighted by atomic mass is 16.5. The molecule has 0 heterocycles. The van der Waals surface area contributed by atoms with Crippen molar-refractivity contribution in [3.63, 3.8) is 0 Å². The Labute approximate surface area is 161 Å². The van der Waals surface area contributed by atoms with Crippen LogP contribution in [0.4, 0.5) is 4.79 Å². The molecule has 0 aliphatic heterocycles. The summed E-state index contributed by atoms with van der Waals surface area (Å²) < 4.78 is 5.39. The van der Waals surface area contributed by atoms with Crippen LogP contribution in [0.5, 0.6) is 0 Å². The molecule has 2 aromatic carbocycles. The number of aliphatic hydroxyl groups is 1. The van der Waals surface area contributed by atoms with Crippen LogP contribution in [0.15, 0.2) is 60.7 Å². The van der Waals surface area contributed by atoms with Crippen LogP contribution >= 0.6 is 0 Å². The lowest BCUT2D eigenvalue weighted by molar-refractivity contribution is -0.0325. The molecule has 4 heteroatoms. The molecule has 1 saturated carbocycles. The zero-order chi connectivity index (χ0) is 19.0. The van der Waals surface area contributed by atoms with Gasteiger partial charge in [-0.25, -0.2) is 4.79 Å². The van der Waals surface area contributed by atoms with E-state index in [9.17, 15) is 9.90 Å². The molecular formula is C23H29NO3. The molecule has 0 bridgehead atoms. The second-order valence-corrected chi connectivity index (χ2v) is 7.45. The fourth-order valence-corrected chi connectivity index (χ4v) is 3.85. The first-order valence-electron chi connectivity index (χ1n) is 9.89. The molecule has 1 aliphatic rings. The number of aryl methyl sites for hydroxylation is 1. The maximum Gasteiger partial charge on any atom is 0.407 e. The SMILES string of the molecule is O=C(NC(CCc1ccccc1)C1(O)CCCCC1)OCc1ccccc1. The summed E-state index contributed by atoms with van der Waals surface area (Å²) in [5.74, 6) is 0. The van der Waals surface area contributed by atoms with Gasteiger partial charge in [0, 0.05) is 0 Å². The largest absolute Gasteiger partial charge is 0.445 e. The van der Waals surface area contributed by atoms with E-state index in [0.29, 0.717) is 6.42 Å². The third kappa shape index (κ3) is 5.83. The number of alkyl carbamates (subject to hydrolysis) is 1. The fourth-order valence-electron chi connectivity index (χ4n) is 3.85. The topological polar surface area (TPSA) is 58.6 Å². The summed E-state index contributed by atoms with van der Waals surface area (Å²) >= 11 is 0. The molecular weight excluding hydrogens is 338 g/mol. The van der Waals surface area contributed by atoms with Crippen molar-refractivity contribution in [2.45, 2.75) is 63.2 Å². The van der Waals surface area contributed by atoms with Crippen LogP contribution in [0.2, 0.25) is 0 Å². The van der Waals surface area contributed by atoms with Crippen molar-refractivity contribution in [3.05, 3.63) is 71.8 Å². The van der Waals surface area contributed by atoms with Crippen molar-refractivity contribution in [1.29, 1.82) is 0 Å². The predicted molar refractivity (Wildman–Crippen MR) is 106 cm³/mol. The third-order valence-electron chi connectivity index (χ3n) is 5.44. The Morgan fingerprint density at radius 3 is 2.19 bits per heavy atom. The minimum Gasteiger partial charge on any atom is -0.445 e. The van der Waals surface area contributed by atoms with Gasteiger partial charge in [0.05, 0.1) is 11.6 Å². The molecule has 1 aliphatic carbocycles. The molecule has 1 atom stereocenters. The van der Waals surface area contributed by atoms with E-state index in [-0.39, 0.29) is 12.6 Å². The van der Waals surface area contributed by atoms with E-state index in [2.05, 4.69) is 17.4 Å². The molecule has 0 spiro atoms. The van der Waals surface area contributed by atoms with Gasteiger partial charge in [-0.1, -0.05) is 79.9 Å². The highest BCUT2D eigenvalue weighted by molar-refractivity contribution is 5.67. The molecule has 0 aromatic heterocycles. The van der Waals surface area contributed by atoms with Crippen molar-refractivity contribution >= 4 is 6.09 Å². The molecule has 4 nitrogen and oxygen atoms in total. The third-order valence-corrected chi connectivity index (χ3v) is 5.44. The lowest BCUT2D eigenvalue weighted by atomic mass is 9.77. The molecule has 0 radical (unpaired) electrons. The maximum atomic E-state index is 12.4. The number of rotatable bonds is 7. The number of carbonyl (C=O) groups is 1. The van der Waals surface area contributed by atoms with Gasteiger partial charge in [-0.05, 0) is 36.8 Å². The first-order valence-corrected chi connectivity index (χ1v) is 9.89. The Morgan fingerprint density at radius 2 is 1.56 bits per heavy atom. The van der Waals surface area contributed by atoms with Crippen LogP contribution in [-0.2, 0) is 17.8 Å². The van der Waals surface area contributed by atoms with E-state index in [1.165, 1.54) is 5.56 Å². The molecule has 3 rings (SSSR count).